The number of carbonyl (C=O) groups is 1. The van der Waals surface area contributed by atoms with Crippen LogP contribution in [0.1, 0.15) is 30.8 Å². The molecule has 0 N–H and O–H groups in total. The number of rotatable bonds is 6. The minimum absolute atomic E-state index is 0.155. The van der Waals surface area contributed by atoms with Crippen LogP contribution in [-0.2, 0) is 11.2 Å². The molecule has 8 heteroatoms. The van der Waals surface area contributed by atoms with Crippen molar-refractivity contribution in [3.8, 4) is 11.4 Å². The Hall–Kier alpha value is -2.61. The Morgan fingerprint density at radius 1 is 1.31 bits per heavy atom. The van der Waals surface area contributed by atoms with E-state index in [9.17, 15) is 13.6 Å². The quantitative estimate of drug-likeness (QED) is 0.645. The van der Waals surface area contributed by atoms with E-state index < -0.39 is 11.6 Å². The molecule has 0 radical (unpaired) electrons. The monoisotopic (exact) mass is 377 g/mol. The van der Waals surface area contributed by atoms with Crippen LogP contribution in [0.15, 0.2) is 39.5 Å². The molecule has 3 rings (SSSR count). The Balaban J connectivity index is 1.59. The topological polar surface area (TPSA) is 59.2 Å². The van der Waals surface area contributed by atoms with Gasteiger partial charge in [0.1, 0.15) is 0 Å². The average molecular weight is 377 g/mol. The van der Waals surface area contributed by atoms with Crippen LogP contribution in [0.25, 0.3) is 11.4 Å². The Morgan fingerprint density at radius 2 is 2.12 bits per heavy atom. The number of thiophene rings is 1. The van der Waals surface area contributed by atoms with Gasteiger partial charge in [0.25, 0.3) is 0 Å². The van der Waals surface area contributed by atoms with Crippen molar-refractivity contribution < 1.29 is 18.1 Å². The smallest absolute Gasteiger partial charge is 0.227 e. The van der Waals surface area contributed by atoms with Crippen LogP contribution in [0.2, 0.25) is 0 Å². The molecular weight excluding hydrogens is 360 g/mol. The van der Waals surface area contributed by atoms with Gasteiger partial charge < -0.3 is 9.42 Å². The third-order valence-electron chi connectivity index (χ3n) is 4.20. The van der Waals surface area contributed by atoms with Crippen molar-refractivity contribution in [1.82, 2.24) is 15.0 Å². The third kappa shape index (κ3) is 3.96. The first-order valence-corrected chi connectivity index (χ1v) is 8.95. The van der Waals surface area contributed by atoms with Gasteiger partial charge in [0.15, 0.2) is 11.6 Å². The molecule has 26 heavy (non-hydrogen) atoms. The Bertz CT molecular complexity index is 896. The first kappa shape index (κ1) is 18.2. The van der Waals surface area contributed by atoms with Crippen LogP contribution < -0.4 is 0 Å². The number of carbonyl (C=O) groups excluding carboxylic acids is 1. The van der Waals surface area contributed by atoms with E-state index in [1.807, 2.05) is 16.8 Å². The fraction of sp³-hybridized carbons (Fsp3) is 0.278. The number of hydrogen-bond donors (Lipinski definition) is 0. The number of amides is 1. The molecule has 0 aliphatic heterocycles. The van der Waals surface area contributed by atoms with E-state index in [0.717, 1.165) is 17.7 Å². The molecule has 1 unspecified atom stereocenters. The van der Waals surface area contributed by atoms with E-state index in [-0.39, 0.29) is 18.4 Å². The molecule has 1 amide bonds. The van der Waals surface area contributed by atoms with Crippen LogP contribution in [0.5, 0.6) is 0 Å². The highest BCUT2D eigenvalue weighted by atomic mass is 32.1. The van der Waals surface area contributed by atoms with Crippen molar-refractivity contribution in [2.45, 2.75) is 25.8 Å². The molecule has 2 heterocycles. The van der Waals surface area contributed by atoms with Crippen molar-refractivity contribution in [1.29, 1.82) is 0 Å². The summed E-state index contributed by atoms with van der Waals surface area (Å²) < 4.78 is 31.6. The number of halogens is 2. The molecule has 136 valence electrons. The van der Waals surface area contributed by atoms with Crippen LogP contribution in [0.4, 0.5) is 8.78 Å². The molecule has 0 aliphatic carbocycles. The second-order valence-electron chi connectivity index (χ2n) is 5.88. The molecule has 5 nitrogen and oxygen atoms in total. The van der Waals surface area contributed by atoms with Gasteiger partial charge in [0, 0.05) is 30.8 Å². The zero-order chi connectivity index (χ0) is 18.7. The maximum atomic E-state index is 13.4. The summed E-state index contributed by atoms with van der Waals surface area (Å²) in [5.41, 5.74) is 1.40. The van der Waals surface area contributed by atoms with Gasteiger partial charge in [-0.05, 0) is 36.1 Å². The molecule has 3 aromatic rings. The van der Waals surface area contributed by atoms with Gasteiger partial charge in [-0.2, -0.15) is 16.3 Å². The van der Waals surface area contributed by atoms with Gasteiger partial charge in [-0.1, -0.05) is 11.2 Å². The van der Waals surface area contributed by atoms with Crippen molar-refractivity contribution in [3.05, 3.63) is 58.1 Å². The zero-order valence-electron chi connectivity index (χ0n) is 14.3. The average Bonchev–Trinajstić information content (AvgIpc) is 3.32. The molecule has 0 saturated heterocycles. The molecule has 0 saturated carbocycles. The van der Waals surface area contributed by atoms with E-state index in [2.05, 4.69) is 10.1 Å². The van der Waals surface area contributed by atoms with Gasteiger partial charge in [-0.15, -0.1) is 0 Å². The highest BCUT2D eigenvalue weighted by molar-refractivity contribution is 7.08. The van der Waals surface area contributed by atoms with Gasteiger partial charge >= 0.3 is 0 Å². The predicted molar refractivity (Wildman–Crippen MR) is 93.5 cm³/mol. The summed E-state index contributed by atoms with van der Waals surface area (Å²) in [5, 5.41) is 7.73. The normalized spacial score (nSPS) is 12.2. The second-order valence-corrected chi connectivity index (χ2v) is 6.66. The Kier molecular flexibility index (Phi) is 5.41. The molecule has 0 aliphatic rings. The van der Waals surface area contributed by atoms with Gasteiger partial charge in [-0.3, -0.25) is 4.79 Å². The second kappa shape index (κ2) is 7.74. The van der Waals surface area contributed by atoms with Crippen molar-refractivity contribution >= 4 is 17.2 Å². The van der Waals surface area contributed by atoms with E-state index in [1.165, 1.54) is 22.3 Å². The van der Waals surface area contributed by atoms with Crippen LogP contribution in [-0.4, -0.2) is 28.0 Å². The van der Waals surface area contributed by atoms with Crippen molar-refractivity contribution in [3.63, 3.8) is 0 Å². The maximum absolute atomic E-state index is 13.4. The summed E-state index contributed by atoms with van der Waals surface area (Å²) in [6.45, 7) is 1.76. The molecule has 0 spiro atoms. The molecule has 0 fully saturated rings. The van der Waals surface area contributed by atoms with Crippen molar-refractivity contribution in [2.75, 3.05) is 7.05 Å². The highest BCUT2D eigenvalue weighted by Crippen LogP contribution is 2.22. The largest absolute Gasteiger partial charge is 0.339 e. The van der Waals surface area contributed by atoms with Crippen molar-refractivity contribution in [2.24, 2.45) is 0 Å². The lowest BCUT2D eigenvalue weighted by Crippen LogP contribution is -2.30. The minimum Gasteiger partial charge on any atom is -0.339 e. The van der Waals surface area contributed by atoms with Gasteiger partial charge in [-0.25, -0.2) is 8.78 Å². The lowest BCUT2D eigenvalue weighted by atomic mass is 10.1. The van der Waals surface area contributed by atoms with E-state index in [0.29, 0.717) is 23.7 Å². The summed E-state index contributed by atoms with van der Waals surface area (Å²) in [5.74, 6) is -1.11. The summed E-state index contributed by atoms with van der Waals surface area (Å²) in [7, 11) is 1.62. The van der Waals surface area contributed by atoms with E-state index in [4.69, 9.17) is 4.52 Å². The van der Waals surface area contributed by atoms with E-state index >= 15 is 0 Å². The Morgan fingerprint density at radius 3 is 2.81 bits per heavy atom. The summed E-state index contributed by atoms with van der Waals surface area (Å²) in [6, 6.07) is 5.14. The SMILES string of the molecule is CC(c1ccc(F)c(F)c1)N(C)C(=O)CCc1nc(-c2ccsc2)no1. The van der Waals surface area contributed by atoms with Gasteiger partial charge in [0.05, 0.1) is 6.04 Å². The highest BCUT2D eigenvalue weighted by Gasteiger charge is 2.19. The number of benzene rings is 1. The molecule has 0 bridgehead atoms. The van der Waals surface area contributed by atoms with Crippen LogP contribution in [0.3, 0.4) is 0 Å². The third-order valence-corrected chi connectivity index (χ3v) is 4.88. The number of nitrogens with zero attached hydrogens (tertiary/aromatic N) is 3. The first-order chi connectivity index (χ1) is 12.5. The standard InChI is InChI=1S/C18H17F2N3O2S/c1-11(12-3-4-14(19)15(20)9-12)23(2)17(24)6-5-16-21-18(22-25-16)13-7-8-26-10-13/h3-4,7-11H,5-6H2,1-2H3. The number of aryl methyl sites for hydroxylation is 1. The minimum atomic E-state index is -0.929. The number of aromatic nitrogens is 2. The fourth-order valence-corrected chi connectivity index (χ4v) is 3.10. The maximum Gasteiger partial charge on any atom is 0.227 e. The van der Waals surface area contributed by atoms with E-state index in [1.54, 1.807) is 14.0 Å². The fourth-order valence-electron chi connectivity index (χ4n) is 2.47. The predicted octanol–water partition coefficient (Wildman–Crippen LogP) is 4.23. The first-order valence-electron chi connectivity index (χ1n) is 8.01. The van der Waals surface area contributed by atoms with Crippen LogP contribution >= 0.6 is 11.3 Å². The lowest BCUT2D eigenvalue weighted by Gasteiger charge is -2.25. The summed E-state index contributed by atoms with van der Waals surface area (Å²) in [6.07, 6.45) is 0.487. The molecule has 2 aromatic heterocycles. The molecule has 1 atom stereocenters. The Labute approximate surface area is 153 Å². The zero-order valence-corrected chi connectivity index (χ0v) is 15.1. The van der Waals surface area contributed by atoms with Crippen LogP contribution in [0, 0.1) is 11.6 Å². The summed E-state index contributed by atoms with van der Waals surface area (Å²) in [4.78, 5) is 18.2. The number of hydrogen-bond acceptors (Lipinski definition) is 5. The summed E-state index contributed by atoms with van der Waals surface area (Å²) >= 11 is 1.54. The molecular formula is C18H17F2N3O2S. The lowest BCUT2D eigenvalue weighted by molar-refractivity contribution is -0.131. The molecule has 1 aromatic carbocycles. The van der Waals surface area contributed by atoms with Gasteiger partial charge in [0.2, 0.25) is 17.6 Å².